The fourth-order valence-electron chi connectivity index (χ4n) is 1.26. The number of phenolic OH excluding ortho intramolecular Hbond substituents is 1. The third-order valence-corrected chi connectivity index (χ3v) is 2.39. The molecule has 0 saturated heterocycles. The molecule has 0 spiro atoms. The van der Waals surface area contributed by atoms with Crippen LogP contribution in [0.3, 0.4) is 0 Å². The number of phenols is 1. The van der Waals surface area contributed by atoms with Crippen LogP contribution in [0, 0.1) is 6.92 Å². The number of rotatable bonds is 2. The molecule has 1 atom stereocenters. The number of hydrogen-bond donors (Lipinski definition) is 2. The van der Waals surface area contributed by atoms with E-state index in [1.165, 1.54) is 6.07 Å². The van der Waals surface area contributed by atoms with Gasteiger partial charge in [0.1, 0.15) is 5.75 Å². The average Bonchev–Trinajstić information content (AvgIpc) is 2.22. The van der Waals surface area contributed by atoms with Gasteiger partial charge in [0.05, 0.1) is 12.1 Å². The van der Waals surface area contributed by atoms with Gasteiger partial charge in [0.25, 0.3) is 0 Å². The summed E-state index contributed by atoms with van der Waals surface area (Å²) >= 11 is 5.66. The molecule has 1 aromatic carbocycles. The highest BCUT2D eigenvalue weighted by molar-refractivity contribution is 6.32. The number of carbonyl (C=O) groups is 1. The highest BCUT2D eigenvalue weighted by atomic mass is 35.5. The summed E-state index contributed by atoms with van der Waals surface area (Å²) in [6, 6.07) is 3.09. The smallest absolute Gasteiger partial charge is 0.339 e. The van der Waals surface area contributed by atoms with Crippen LogP contribution in [0.5, 0.6) is 5.75 Å². The number of ether oxygens (including phenoxy) is 1. The van der Waals surface area contributed by atoms with Gasteiger partial charge in [0.2, 0.25) is 0 Å². The molecule has 0 saturated carbocycles. The van der Waals surface area contributed by atoms with Crippen LogP contribution in [-0.4, -0.2) is 23.3 Å². The minimum absolute atomic E-state index is 0.0781. The third kappa shape index (κ3) is 2.22. The van der Waals surface area contributed by atoms with Gasteiger partial charge in [0.15, 0.2) is 6.10 Å². The summed E-state index contributed by atoms with van der Waals surface area (Å²) in [5.41, 5.74) is 0.643. The van der Waals surface area contributed by atoms with E-state index >= 15 is 0 Å². The summed E-state index contributed by atoms with van der Waals surface area (Å²) in [7, 11) is 1.16. The normalized spacial score (nSPS) is 12.3. The summed E-state index contributed by atoms with van der Waals surface area (Å²) < 4.78 is 4.37. The van der Waals surface area contributed by atoms with Crippen LogP contribution in [0.1, 0.15) is 17.2 Å². The summed E-state index contributed by atoms with van der Waals surface area (Å²) in [5, 5.41) is 19.3. The maximum atomic E-state index is 11.1. The van der Waals surface area contributed by atoms with Gasteiger partial charge < -0.3 is 14.9 Å². The second-order valence-electron chi connectivity index (χ2n) is 3.05. The number of benzene rings is 1. The van der Waals surface area contributed by atoms with Crippen molar-refractivity contribution in [1.82, 2.24) is 0 Å². The second-order valence-corrected chi connectivity index (χ2v) is 3.46. The van der Waals surface area contributed by atoms with E-state index < -0.39 is 12.1 Å². The lowest BCUT2D eigenvalue weighted by Gasteiger charge is -2.13. The Morgan fingerprint density at radius 3 is 2.67 bits per heavy atom. The Balaban J connectivity index is 3.24. The van der Waals surface area contributed by atoms with E-state index in [0.717, 1.165) is 7.11 Å². The summed E-state index contributed by atoms with van der Waals surface area (Å²) in [6.45, 7) is 1.65. The maximum Gasteiger partial charge on any atom is 0.339 e. The minimum atomic E-state index is -1.52. The molecule has 1 rings (SSSR count). The number of aliphatic hydroxyl groups is 1. The number of carbonyl (C=O) groups excluding carboxylic acids is 1. The standard InChI is InChI=1S/C10H11ClO4/c1-5-3-4-6(11)8(12)7(5)9(13)10(14)15-2/h3-4,9,12-13H,1-2H3. The molecular formula is C10H11ClO4. The lowest BCUT2D eigenvalue weighted by atomic mass is 10.0. The molecule has 0 fully saturated rings. The van der Waals surface area contributed by atoms with Crippen LogP contribution in [0.4, 0.5) is 0 Å². The van der Waals surface area contributed by atoms with E-state index in [1.54, 1.807) is 13.0 Å². The van der Waals surface area contributed by atoms with Gasteiger partial charge in [0, 0.05) is 5.56 Å². The van der Waals surface area contributed by atoms with Crippen molar-refractivity contribution in [3.63, 3.8) is 0 Å². The third-order valence-electron chi connectivity index (χ3n) is 2.08. The van der Waals surface area contributed by atoms with Crippen LogP contribution in [0.2, 0.25) is 5.02 Å². The quantitative estimate of drug-likeness (QED) is 0.757. The molecular weight excluding hydrogens is 220 g/mol. The predicted octanol–water partition coefficient (Wildman–Crippen LogP) is 1.56. The summed E-state index contributed by atoms with van der Waals surface area (Å²) in [6.07, 6.45) is -1.52. The first-order valence-electron chi connectivity index (χ1n) is 4.23. The Morgan fingerprint density at radius 1 is 1.53 bits per heavy atom. The molecule has 0 amide bonds. The van der Waals surface area contributed by atoms with E-state index in [0.29, 0.717) is 5.56 Å². The lowest BCUT2D eigenvalue weighted by molar-refractivity contribution is -0.150. The zero-order chi connectivity index (χ0) is 11.6. The fourth-order valence-corrected chi connectivity index (χ4v) is 1.42. The van der Waals surface area contributed by atoms with Crippen LogP contribution < -0.4 is 0 Å². The van der Waals surface area contributed by atoms with Crippen molar-refractivity contribution in [1.29, 1.82) is 0 Å². The molecule has 82 valence electrons. The Kier molecular flexibility index (Phi) is 3.55. The molecule has 0 aliphatic rings. The zero-order valence-electron chi connectivity index (χ0n) is 8.32. The number of hydrogen-bond acceptors (Lipinski definition) is 4. The monoisotopic (exact) mass is 230 g/mol. The van der Waals surface area contributed by atoms with E-state index in [-0.39, 0.29) is 16.3 Å². The first-order chi connectivity index (χ1) is 6.99. The van der Waals surface area contributed by atoms with Crippen molar-refractivity contribution >= 4 is 17.6 Å². The molecule has 5 heteroatoms. The number of halogens is 1. The van der Waals surface area contributed by atoms with E-state index in [1.807, 2.05) is 0 Å². The van der Waals surface area contributed by atoms with Gasteiger partial charge in [-0.15, -0.1) is 0 Å². The first-order valence-corrected chi connectivity index (χ1v) is 4.60. The van der Waals surface area contributed by atoms with Crippen LogP contribution >= 0.6 is 11.6 Å². The van der Waals surface area contributed by atoms with Crippen LogP contribution in [0.15, 0.2) is 12.1 Å². The van der Waals surface area contributed by atoms with Crippen molar-refractivity contribution in [2.24, 2.45) is 0 Å². The number of aromatic hydroxyl groups is 1. The maximum absolute atomic E-state index is 11.1. The van der Waals surface area contributed by atoms with Gasteiger partial charge in [-0.05, 0) is 18.6 Å². The topological polar surface area (TPSA) is 66.8 Å². The fraction of sp³-hybridized carbons (Fsp3) is 0.300. The van der Waals surface area contributed by atoms with Gasteiger partial charge >= 0.3 is 5.97 Å². The van der Waals surface area contributed by atoms with Gasteiger partial charge in [-0.25, -0.2) is 4.79 Å². The number of methoxy groups -OCH3 is 1. The number of esters is 1. The zero-order valence-corrected chi connectivity index (χ0v) is 9.08. The number of aliphatic hydroxyl groups excluding tert-OH is 1. The molecule has 0 bridgehead atoms. The molecule has 2 N–H and O–H groups in total. The minimum Gasteiger partial charge on any atom is -0.506 e. The van der Waals surface area contributed by atoms with E-state index in [9.17, 15) is 15.0 Å². The molecule has 0 aromatic heterocycles. The molecule has 4 nitrogen and oxygen atoms in total. The molecule has 0 radical (unpaired) electrons. The molecule has 0 aliphatic carbocycles. The lowest BCUT2D eigenvalue weighted by Crippen LogP contribution is -2.14. The number of aryl methyl sites for hydroxylation is 1. The molecule has 0 heterocycles. The first kappa shape index (κ1) is 11.8. The van der Waals surface area contributed by atoms with Crippen molar-refractivity contribution in [3.8, 4) is 5.75 Å². The average molecular weight is 231 g/mol. The Hall–Kier alpha value is -1.26. The van der Waals surface area contributed by atoms with Crippen molar-refractivity contribution < 1.29 is 19.7 Å². The second kappa shape index (κ2) is 4.51. The highest BCUT2D eigenvalue weighted by Gasteiger charge is 2.24. The SMILES string of the molecule is COC(=O)C(O)c1c(C)ccc(Cl)c1O. The van der Waals surface area contributed by atoms with Crippen molar-refractivity contribution in [2.45, 2.75) is 13.0 Å². The molecule has 0 aliphatic heterocycles. The Bertz CT molecular complexity index is 389. The van der Waals surface area contributed by atoms with Crippen molar-refractivity contribution in [3.05, 3.63) is 28.3 Å². The molecule has 1 aromatic rings. The molecule has 15 heavy (non-hydrogen) atoms. The highest BCUT2D eigenvalue weighted by Crippen LogP contribution is 2.34. The van der Waals surface area contributed by atoms with E-state index in [4.69, 9.17) is 11.6 Å². The summed E-state index contributed by atoms with van der Waals surface area (Å²) in [4.78, 5) is 11.1. The van der Waals surface area contributed by atoms with Gasteiger partial charge in [-0.2, -0.15) is 0 Å². The van der Waals surface area contributed by atoms with Crippen LogP contribution in [0.25, 0.3) is 0 Å². The van der Waals surface area contributed by atoms with Crippen molar-refractivity contribution in [2.75, 3.05) is 7.11 Å². The summed E-state index contributed by atoms with van der Waals surface area (Å²) in [5.74, 6) is -1.13. The van der Waals surface area contributed by atoms with Gasteiger partial charge in [-0.3, -0.25) is 0 Å². The van der Waals surface area contributed by atoms with Gasteiger partial charge in [-0.1, -0.05) is 17.7 Å². The van der Waals surface area contributed by atoms with E-state index in [2.05, 4.69) is 4.74 Å². The Morgan fingerprint density at radius 2 is 2.13 bits per heavy atom. The molecule has 1 unspecified atom stereocenters. The largest absolute Gasteiger partial charge is 0.506 e. The van der Waals surface area contributed by atoms with Crippen LogP contribution in [-0.2, 0) is 9.53 Å². The Labute approximate surface area is 92.1 Å². The predicted molar refractivity (Wildman–Crippen MR) is 54.8 cm³/mol.